The summed E-state index contributed by atoms with van der Waals surface area (Å²) in [6.45, 7) is 0. The molecule has 19 heavy (non-hydrogen) atoms. The second-order valence-corrected chi connectivity index (χ2v) is 6.37. The lowest BCUT2D eigenvalue weighted by atomic mass is 10.3. The Balaban J connectivity index is 1.89. The van der Waals surface area contributed by atoms with Crippen LogP contribution in [0.5, 0.6) is 0 Å². The molecule has 0 radical (unpaired) electrons. The summed E-state index contributed by atoms with van der Waals surface area (Å²) in [6, 6.07) is 9.59. The number of nitrogens with zero attached hydrogens (tertiary/aromatic N) is 3. The van der Waals surface area contributed by atoms with Gasteiger partial charge < -0.3 is 5.32 Å². The Morgan fingerprint density at radius 3 is 3.11 bits per heavy atom. The summed E-state index contributed by atoms with van der Waals surface area (Å²) < 4.78 is 0.905. The Morgan fingerprint density at radius 1 is 1.42 bits per heavy atom. The fourth-order valence-corrected chi connectivity index (χ4v) is 3.29. The van der Waals surface area contributed by atoms with Crippen LogP contribution in [-0.2, 0) is 0 Å². The molecule has 0 aliphatic rings. The summed E-state index contributed by atoms with van der Waals surface area (Å²) in [7, 11) is 0. The van der Waals surface area contributed by atoms with Crippen molar-refractivity contribution in [2.24, 2.45) is 0 Å². The molecular weight excluding hydrogens is 300 g/mol. The van der Waals surface area contributed by atoms with Crippen LogP contribution in [-0.4, -0.2) is 16.0 Å². The van der Waals surface area contributed by atoms with Crippen LogP contribution in [0.25, 0.3) is 0 Å². The van der Waals surface area contributed by atoms with E-state index in [-0.39, 0.29) is 0 Å². The zero-order valence-corrected chi connectivity index (χ0v) is 12.4. The van der Waals surface area contributed by atoms with Crippen molar-refractivity contribution < 1.29 is 0 Å². The Kier molecular flexibility index (Phi) is 5.45. The third kappa shape index (κ3) is 4.71. The summed E-state index contributed by atoms with van der Waals surface area (Å²) >= 11 is 9.03. The zero-order chi connectivity index (χ0) is 13.5. The van der Waals surface area contributed by atoms with Crippen molar-refractivity contribution in [1.29, 1.82) is 5.26 Å². The van der Waals surface area contributed by atoms with Crippen LogP contribution in [0.3, 0.4) is 0 Å². The number of rotatable bonds is 6. The number of thioether (sulfide) groups is 1. The average molecular weight is 311 g/mol. The summed E-state index contributed by atoms with van der Waals surface area (Å²) in [4.78, 5) is 0. The molecule has 7 heteroatoms. The molecule has 0 fully saturated rings. The highest BCUT2D eigenvalue weighted by molar-refractivity contribution is 8.01. The maximum absolute atomic E-state index is 8.45. The molecule has 0 aliphatic carbocycles. The largest absolute Gasteiger partial charge is 0.330 e. The quantitative estimate of drug-likeness (QED) is 0.635. The predicted molar refractivity (Wildman–Crippen MR) is 80.2 cm³/mol. The Morgan fingerprint density at radius 2 is 2.32 bits per heavy atom. The molecule has 0 saturated carbocycles. The van der Waals surface area contributed by atoms with E-state index in [4.69, 9.17) is 16.9 Å². The highest BCUT2D eigenvalue weighted by Gasteiger charge is 2.05. The van der Waals surface area contributed by atoms with Crippen LogP contribution in [0, 0.1) is 11.3 Å². The maximum Gasteiger partial charge on any atom is 0.210 e. The van der Waals surface area contributed by atoms with Gasteiger partial charge in [0.2, 0.25) is 5.13 Å². The minimum Gasteiger partial charge on any atom is -0.330 e. The Labute approximate surface area is 124 Å². The highest BCUT2D eigenvalue weighted by atomic mass is 35.5. The third-order valence-corrected chi connectivity index (χ3v) is 4.43. The lowest BCUT2D eigenvalue weighted by Gasteiger charge is -2.01. The number of hydrogen-bond donors (Lipinski definition) is 1. The lowest BCUT2D eigenvalue weighted by molar-refractivity contribution is 0.971. The number of aromatic nitrogens is 2. The first-order valence-electron chi connectivity index (χ1n) is 5.64. The van der Waals surface area contributed by atoms with E-state index >= 15 is 0 Å². The number of unbranched alkanes of at least 4 members (excludes halogenated alkanes) is 1. The summed E-state index contributed by atoms with van der Waals surface area (Å²) in [5.74, 6) is 0.888. The number of nitrogens with one attached hydrogen (secondary N) is 1. The molecule has 98 valence electrons. The Hall–Kier alpha value is -1.29. The van der Waals surface area contributed by atoms with Crippen molar-refractivity contribution in [3.8, 4) is 6.07 Å². The molecule has 0 saturated heterocycles. The summed E-state index contributed by atoms with van der Waals surface area (Å²) in [6.07, 6.45) is 1.46. The second kappa shape index (κ2) is 7.34. The van der Waals surface area contributed by atoms with Gasteiger partial charge in [0.05, 0.1) is 6.07 Å². The molecule has 1 aromatic carbocycles. The van der Waals surface area contributed by atoms with E-state index < -0.39 is 0 Å². The standard InChI is InChI=1S/C12H11ClN4S2/c13-9-4-3-5-10(8-9)15-11-16-17-12(19-11)18-7-2-1-6-14/h3-5,8H,1-2,7H2,(H,15,16). The molecule has 0 unspecified atom stereocenters. The number of hydrogen-bond acceptors (Lipinski definition) is 6. The van der Waals surface area contributed by atoms with Gasteiger partial charge in [-0.05, 0) is 24.6 Å². The van der Waals surface area contributed by atoms with Crippen LogP contribution in [0.4, 0.5) is 10.8 Å². The number of anilines is 2. The van der Waals surface area contributed by atoms with Crippen LogP contribution in [0.1, 0.15) is 12.8 Å². The maximum atomic E-state index is 8.45. The van der Waals surface area contributed by atoms with E-state index in [1.807, 2.05) is 24.3 Å². The second-order valence-electron chi connectivity index (χ2n) is 3.62. The van der Waals surface area contributed by atoms with Gasteiger partial charge in [-0.1, -0.05) is 40.8 Å². The molecule has 0 amide bonds. The lowest BCUT2D eigenvalue weighted by Crippen LogP contribution is -1.88. The van der Waals surface area contributed by atoms with Gasteiger partial charge in [-0.2, -0.15) is 5.26 Å². The third-order valence-electron chi connectivity index (χ3n) is 2.14. The van der Waals surface area contributed by atoms with E-state index in [0.717, 1.165) is 27.3 Å². The average Bonchev–Trinajstić information content (AvgIpc) is 2.82. The fourth-order valence-electron chi connectivity index (χ4n) is 1.32. The Bertz CT molecular complexity index is 579. The van der Waals surface area contributed by atoms with Gasteiger partial charge in [0.25, 0.3) is 0 Å². The van der Waals surface area contributed by atoms with E-state index in [1.54, 1.807) is 11.8 Å². The molecule has 0 spiro atoms. The van der Waals surface area contributed by atoms with E-state index in [2.05, 4.69) is 21.6 Å². The topological polar surface area (TPSA) is 61.6 Å². The number of nitriles is 1. The van der Waals surface area contributed by atoms with Gasteiger partial charge in [-0.3, -0.25) is 0 Å². The molecule has 1 heterocycles. The molecule has 0 aliphatic heterocycles. The van der Waals surface area contributed by atoms with Crippen LogP contribution in [0.2, 0.25) is 5.02 Å². The first kappa shape index (κ1) is 14.1. The van der Waals surface area contributed by atoms with Gasteiger partial charge >= 0.3 is 0 Å². The first-order chi connectivity index (χ1) is 9.28. The van der Waals surface area contributed by atoms with E-state index in [1.165, 1.54) is 11.3 Å². The molecule has 0 atom stereocenters. The molecular formula is C12H11ClN4S2. The van der Waals surface area contributed by atoms with Crippen molar-refractivity contribution in [3.05, 3.63) is 29.3 Å². The normalized spacial score (nSPS) is 10.1. The highest BCUT2D eigenvalue weighted by Crippen LogP contribution is 2.28. The summed E-state index contributed by atoms with van der Waals surface area (Å²) in [5.41, 5.74) is 0.893. The smallest absolute Gasteiger partial charge is 0.210 e. The molecule has 0 bridgehead atoms. The number of benzene rings is 1. The van der Waals surface area contributed by atoms with Crippen molar-refractivity contribution in [2.45, 2.75) is 17.2 Å². The van der Waals surface area contributed by atoms with Crippen molar-refractivity contribution in [3.63, 3.8) is 0 Å². The molecule has 2 rings (SSSR count). The predicted octanol–water partition coefficient (Wildman–Crippen LogP) is 4.33. The van der Waals surface area contributed by atoms with Gasteiger partial charge in [0.15, 0.2) is 4.34 Å². The van der Waals surface area contributed by atoms with E-state index in [0.29, 0.717) is 11.4 Å². The van der Waals surface area contributed by atoms with Gasteiger partial charge in [-0.25, -0.2) is 0 Å². The van der Waals surface area contributed by atoms with Gasteiger partial charge in [0, 0.05) is 22.9 Å². The zero-order valence-electron chi connectivity index (χ0n) is 9.97. The van der Waals surface area contributed by atoms with Crippen molar-refractivity contribution in [1.82, 2.24) is 10.2 Å². The van der Waals surface area contributed by atoms with Crippen LogP contribution in [0.15, 0.2) is 28.6 Å². The molecule has 4 nitrogen and oxygen atoms in total. The number of halogens is 1. The van der Waals surface area contributed by atoms with E-state index in [9.17, 15) is 0 Å². The van der Waals surface area contributed by atoms with Crippen LogP contribution >= 0.6 is 34.7 Å². The minimum atomic E-state index is 0.583. The fraction of sp³-hybridized carbons (Fsp3) is 0.250. The minimum absolute atomic E-state index is 0.583. The first-order valence-corrected chi connectivity index (χ1v) is 7.82. The summed E-state index contributed by atoms with van der Waals surface area (Å²) in [5, 5.41) is 21.2. The van der Waals surface area contributed by atoms with Gasteiger partial charge in [0.1, 0.15) is 0 Å². The SMILES string of the molecule is N#CCCCSc1nnc(Nc2cccc(Cl)c2)s1. The van der Waals surface area contributed by atoms with Crippen molar-refractivity contribution in [2.75, 3.05) is 11.1 Å². The molecule has 1 aromatic heterocycles. The molecule has 1 N–H and O–H groups in total. The monoisotopic (exact) mass is 310 g/mol. The molecule has 2 aromatic rings. The van der Waals surface area contributed by atoms with Crippen LogP contribution < -0.4 is 5.32 Å². The van der Waals surface area contributed by atoms with Crippen molar-refractivity contribution >= 4 is 45.5 Å². The van der Waals surface area contributed by atoms with Gasteiger partial charge in [-0.15, -0.1) is 10.2 Å².